The lowest BCUT2D eigenvalue weighted by Crippen LogP contribution is -2.53. The number of ketones is 1. The van der Waals surface area contributed by atoms with E-state index in [9.17, 15) is 9.90 Å². The molecule has 0 radical (unpaired) electrons. The minimum Gasteiger partial charge on any atom is -0.491 e. The normalized spacial score (nSPS) is 23.6. The molecule has 4 N–H and O–H groups in total. The predicted molar refractivity (Wildman–Crippen MR) is 107 cm³/mol. The number of hydrogen-bond acceptors (Lipinski definition) is 5. The van der Waals surface area contributed by atoms with E-state index >= 15 is 0 Å². The van der Waals surface area contributed by atoms with Crippen LogP contribution in [-0.4, -0.2) is 36.7 Å². The van der Waals surface area contributed by atoms with Crippen LogP contribution in [0.1, 0.15) is 25.3 Å². The summed E-state index contributed by atoms with van der Waals surface area (Å²) in [4.78, 5) is 12.8. The van der Waals surface area contributed by atoms with Gasteiger partial charge in [0, 0.05) is 5.69 Å². The lowest BCUT2D eigenvalue weighted by atomic mass is 9.62. The van der Waals surface area contributed by atoms with Gasteiger partial charge < -0.3 is 20.9 Å². The maximum atomic E-state index is 12.8. The van der Waals surface area contributed by atoms with Crippen LogP contribution in [0, 0.1) is 5.92 Å². The number of nitrogen functional groups attached to an aromatic ring is 1. The van der Waals surface area contributed by atoms with Crippen LogP contribution in [0.5, 0.6) is 5.75 Å². The predicted octanol–water partition coefficient (Wildman–Crippen LogP) is 2.54. The van der Waals surface area contributed by atoms with E-state index in [1.807, 2.05) is 30.3 Å². The van der Waals surface area contributed by atoms with E-state index < -0.39 is 11.5 Å². The zero-order valence-electron chi connectivity index (χ0n) is 15.7. The van der Waals surface area contributed by atoms with Gasteiger partial charge in [0.25, 0.3) is 0 Å². The Hall–Kier alpha value is -2.37. The number of benzene rings is 2. The monoisotopic (exact) mass is 368 g/mol. The van der Waals surface area contributed by atoms with E-state index in [1.165, 1.54) is 0 Å². The number of nitrogens with two attached hydrogens (primary N) is 1. The molecule has 3 rings (SSSR count). The molecule has 0 aliphatic carbocycles. The highest BCUT2D eigenvalue weighted by Gasteiger charge is 2.46. The number of hydrogen-bond donors (Lipinski definition) is 3. The molecular weight excluding hydrogens is 340 g/mol. The highest BCUT2D eigenvalue weighted by atomic mass is 16.5. The van der Waals surface area contributed by atoms with Gasteiger partial charge in [-0.25, -0.2) is 0 Å². The van der Waals surface area contributed by atoms with Crippen molar-refractivity contribution >= 4 is 11.5 Å². The molecule has 1 saturated heterocycles. The lowest BCUT2D eigenvalue weighted by molar-refractivity contribution is -0.126. The number of carbonyl (C=O) groups is 1. The Morgan fingerprint density at radius 2 is 1.96 bits per heavy atom. The second kappa shape index (κ2) is 8.55. The van der Waals surface area contributed by atoms with Crippen molar-refractivity contribution in [3.05, 3.63) is 60.2 Å². The highest BCUT2D eigenvalue weighted by Crippen LogP contribution is 2.41. The molecule has 5 nitrogen and oxygen atoms in total. The first-order valence-electron chi connectivity index (χ1n) is 9.46. The first-order chi connectivity index (χ1) is 13.0. The van der Waals surface area contributed by atoms with Crippen molar-refractivity contribution in [1.82, 2.24) is 5.32 Å². The minimum absolute atomic E-state index is 0.0103. The van der Waals surface area contributed by atoms with Crippen LogP contribution in [0.15, 0.2) is 54.6 Å². The molecule has 0 bridgehead atoms. The zero-order chi connectivity index (χ0) is 19.3. The smallest absolute Gasteiger partial charge is 0.140 e. The van der Waals surface area contributed by atoms with Crippen LogP contribution in [0.2, 0.25) is 0 Å². The third kappa shape index (κ3) is 4.31. The molecule has 2 aromatic rings. The average molecular weight is 368 g/mol. The Bertz CT molecular complexity index is 748. The molecule has 0 aromatic heterocycles. The van der Waals surface area contributed by atoms with Crippen molar-refractivity contribution in [2.45, 2.75) is 31.3 Å². The molecule has 144 valence electrons. The van der Waals surface area contributed by atoms with Crippen molar-refractivity contribution in [2.24, 2.45) is 5.92 Å². The number of rotatable bonds is 7. The lowest BCUT2D eigenvalue weighted by Gasteiger charge is -2.44. The van der Waals surface area contributed by atoms with E-state index in [4.69, 9.17) is 10.5 Å². The van der Waals surface area contributed by atoms with Crippen LogP contribution in [0.25, 0.3) is 0 Å². The summed E-state index contributed by atoms with van der Waals surface area (Å²) in [5.74, 6) is 0.842. The molecule has 1 aliphatic heterocycles. The summed E-state index contributed by atoms with van der Waals surface area (Å²) in [6, 6.07) is 17.1. The number of aliphatic hydroxyl groups excluding tert-OH is 1. The number of carbonyl (C=O) groups excluding carboxylic acids is 1. The maximum absolute atomic E-state index is 12.8. The fraction of sp³-hybridized carbons (Fsp3) is 0.409. The number of piperidine rings is 1. The number of aliphatic hydroxyl groups is 1. The summed E-state index contributed by atoms with van der Waals surface area (Å²) in [6.07, 6.45) is 0.578. The molecule has 1 fully saturated rings. The molecule has 5 heteroatoms. The number of ether oxygens (including phenoxy) is 1. The molecule has 0 amide bonds. The standard InChI is InChI=1S/C22H28N2O3/c1-16(25)22(17-5-3-2-4-6-17)11-12-24-14-18(22)13-20(26)15-27-21-9-7-19(23)8-10-21/h2-10,18,20,24,26H,11-15,23H2,1H3/t18-,20+,22+/m1/s1. The summed E-state index contributed by atoms with van der Waals surface area (Å²) in [7, 11) is 0. The molecular formula is C22H28N2O3. The molecule has 0 unspecified atom stereocenters. The van der Waals surface area contributed by atoms with Crippen molar-refractivity contribution < 1.29 is 14.6 Å². The number of Topliss-reactive ketones (excluding diaryl/α,β-unsaturated/α-hetero) is 1. The van der Waals surface area contributed by atoms with Gasteiger partial charge in [0.05, 0.1) is 11.5 Å². The third-order valence-electron chi connectivity index (χ3n) is 5.58. The van der Waals surface area contributed by atoms with E-state index in [1.54, 1.807) is 31.2 Å². The second-order valence-corrected chi connectivity index (χ2v) is 7.31. The van der Waals surface area contributed by atoms with Gasteiger partial charge in [-0.1, -0.05) is 30.3 Å². The van der Waals surface area contributed by atoms with Gasteiger partial charge in [-0.3, -0.25) is 4.79 Å². The molecule has 0 spiro atoms. The number of nitrogens with one attached hydrogen (secondary N) is 1. The van der Waals surface area contributed by atoms with Gasteiger partial charge in [-0.2, -0.15) is 0 Å². The van der Waals surface area contributed by atoms with E-state index in [2.05, 4.69) is 5.32 Å². The zero-order valence-corrected chi connectivity index (χ0v) is 15.7. The van der Waals surface area contributed by atoms with Crippen LogP contribution >= 0.6 is 0 Å². The average Bonchev–Trinajstić information content (AvgIpc) is 2.68. The Kier molecular flexibility index (Phi) is 6.14. The fourth-order valence-electron chi connectivity index (χ4n) is 4.16. The minimum atomic E-state index is -0.658. The van der Waals surface area contributed by atoms with Crippen LogP contribution in [0.4, 0.5) is 5.69 Å². The van der Waals surface area contributed by atoms with Gasteiger partial charge in [-0.15, -0.1) is 0 Å². The first-order valence-corrected chi connectivity index (χ1v) is 9.46. The van der Waals surface area contributed by atoms with Gasteiger partial charge in [0.1, 0.15) is 18.1 Å². The quantitative estimate of drug-likeness (QED) is 0.654. The summed E-state index contributed by atoms with van der Waals surface area (Å²) < 4.78 is 5.69. The Morgan fingerprint density at radius 1 is 1.26 bits per heavy atom. The topological polar surface area (TPSA) is 84.6 Å². The van der Waals surface area contributed by atoms with Crippen LogP contribution < -0.4 is 15.8 Å². The molecule has 1 aliphatic rings. The van der Waals surface area contributed by atoms with E-state index in [-0.39, 0.29) is 18.3 Å². The van der Waals surface area contributed by atoms with Gasteiger partial charge in [-0.05, 0) is 68.6 Å². The Labute approximate surface area is 160 Å². The fourth-order valence-corrected chi connectivity index (χ4v) is 4.16. The summed E-state index contributed by atoms with van der Waals surface area (Å²) >= 11 is 0. The van der Waals surface area contributed by atoms with Crippen molar-refractivity contribution in [2.75, 3.05) is 25.4 Å². The highest BCUT2D eigenvalue weighted by molar-refractivity contribution is 5.88. The maximum Gasteiger partial charge on any atom is 0.140 e. The Balaban J connectivity index is 1.72. The van der Waals surface area contributed by atoms with Gasteiger partial charge in [0.2, 0.25) is 0 Å². The van der Waals surface area contributed by atoms with Crippen molar-refractivity contribution in [3.8, 4) is 5.75 Å². The summed E-state index contributed by atoms with van der Waals surface area (Å²) in [6.45, 7) is 3.35. The Morgan fingerprint density at radius 3 is 2.63 bits per heavy atom. The molecule has 1 heterocycles. The van der Waals surface area contributed by atoms with Crippen LogP contribution in [-0.2, 0) is 10.2 Å². The molecule has 2 aromatic carbocycles. The van der Waals surface area contributed by atoms with Crippen LogP contribution in [0.3, 0.4) is 0 Å². The molecule has 3 atom stereocenters. The molecule has 27 heavy (non-hydrogen) atoms. The SMILES string of the molecule is CC(=O)[C@]1(c2ccccc2)CCNC[C@H]1C[C@H](O)COc1ccc(N)cc1. The molecule has 0 saturated carbocycles. The third-order valence-corrected chi connectivity index (χ3v) is 5.58. The van der Waals surface area contributed by atoms with E-state index in [0.29, 0.717) is 24.4 Å². The number of anilines is 1. The summed E-state index contributed by atoms with van der Waals surface area (Å²) in [5.41, 5.74) is 6.82. The van der Waals surface area contributed by atoms with Crippen molar-refractivity contribution in [1.29, 1.82) is 0 Å². The van der Waals surface area contributed by atoms with E-state index in [0.717, 1.165) is 18.5 Å². The second-order valence-electron chi connectivity index (χ2n) is 7.31. The first kappa shape index (κ1) is 19.4. The van der Waals surface area contributed by atoms with Gasteiger partial charge >= 0.3 is 0 Å². The summed E-state index contributed by atoms with van der Waals surface area (Å²) in [5, 5.41) is 14.0. The largest absolute Gasteiger partial charge is 0.491 e. The van der Waals surface area contributed by atoms with Crippen molar-refractivity contribution in [3.63, 3.8) is 0 Å². The van der Waals surface area contributed by atoms with Gasteiger partial charge in [0.15, 0.2) is 0 Å².